The van der Waals surface area contributed by atoms with Crippen molar-refractivity contribution >= 4 is 0 Å². The van der Waals surface area contributed by atoms with Crippen LogP contribution in [0.15, 0.2) is 80.5 Å². The molecule has 0 amide bonds. The molecule has 2 aromatic heterocycles. The summed E-state index contributed by atoms with van der Waals surface area (Å²) < 4.78 is 0. The Morgan fingerprint density at radius 2 is 1.02 bits per heavy atom. The second kappa shape index (κ2) is 14.5. The van der Waals surface area contributed by atoms with Gasteiger partial charge in [0.1, 0.15) is 0 Å². The summed E-state index contributed by atoms with van der Waals surface area (Å²) in [6.45, 7) is 10.8. The lowest BCUT2D eigenvalue weighted by Gasteiger charge is -2.48. The Morgan fingerprint density at radius 3 is 1.40 bits per heavy atom. The molecule has 4 bridgehead atoms. The summed E-state index contributed by atoms with van der Waals surface area (Å²) in [4.78, 5) is 30.5. The van der Waals surface area contributed by atoms with Crippen LogP contribution in [-0.2, 0) is 23.9 Å². The smallest absolute Gasteiger partial charge is 0.248 e. The summed E-state index contributed by atoms with van der Waals surface area (Å²) in [5.74, 6) is 0.731. The van der Waals surface area contributed by atoms with Crippen molar-refractivity contribution in [1.82, 2.24) is 20.6 Å². The van der Waals surface area contributed by atoms with Gasteiger partial charge in [0, 0.05) is 35.4 Å². The van der Waals surface area contributed by atoms with E-state index < -0.39 is 0 Å². The molecule has 0 unspecified atom stereocenters. The highest BCUT2D eigenvalue weighted by atomic mass is 16.1. The van der Waals surface area contributed by atoms with Crippen LogP contribution in [0.4, 0.5) is 0 Å². The second-order valence-corrected chi connectivity index (χ2v) is 14.8. The zero-order valence-electron chi connectivity index (χ0n) is 29.2. The van der Waals surface area contributed by atoms with E-state index in [1.807, 2.05) is 0 Å². The Bertz CT molecular complexity index is 1570. The van der Waals surface area contributed by atoms with E-state index in [1.165, 1.54) is 91.2 Å². The highest BCUT2D eigenvalue weighted by molar-refractivity contribution is 5.50. The number of aromatic amines is 2. The van der Waals surface area contributed by atoms with E-state index in [4.69, 9.17) is 0 Å². The molecule has 0 saturated heterocycles. The molecule has 4 atom stereocenters. The van der Waals surface area contributed by atoms with Gasteiger partial charge < -0.3 is 20.6 Å². The van der Waals surface area contributed by atoms with Gasteiger partial charge in [-0.05, 0) is 114 Å². The standard InChI is InChI=1S/C41H56N4O2/c1-5-32-30-22-28(3)26-40(32,34-16-18-38(46)44-36(34)24-30)42-20-14-12-10-8-7-9-11-13-15-21-43-41-27-29(4)23-31(33(41)6-2)25-37-35(41)17-19-39(47)45-37/h5-6,16-19,22-23,30-31,42-43H,7-15,20-21,24-27H2,1-4H3,(H,44,46)(H,45,47)/b32-5+,33-6+/t30-,31-,40+,41+/m0/s1. The number of unbranched alkanes of at least 4 members (excludes halogenated alkanes) is 8. The van der Waals surface area contributed by atoms with Gasteiger partial charge in [-0.1, -0.05) is 80.4 Å². The molecule has 0 saturated carbocycles. The van der Waals surface area contributed by atoms with Gasteiger partial charge >= 0.3 is 0 Å². The van der Waals surface area contributed by atoms with E-state index in [9.17, 15) is 9.59 Å². The van der Waals surface area contributed by atoms with E-state index in [0.717, 1.165) is 50.2 Å². The number of rotatable bonds is 14. The summed E-state index contributed by atoms with van der Waals surface area (Å²) >= 11 is 0. The van der Waals surface area contributed by atoms with Crippen molar-refractivity contribution in [2.75, 3.05) is 13.1 Å². The Kier molecular flexibility index (Phi) is 10.4. The number of hydrogen-bond donors (Lipinski definition) is 4. The normalized spacial score (nSPS) is 27.7. The fraction of sp³-hybridized carbons (Fsp3) is 0.561. The molecular weight excluding hydrogens is 580 g/mol. The third-order valence-corrected chi connectivity index (χ3v) is 11.4. The van der Waals surface area contributed by atoms with E-state index in [2.05, 4.69) is 84.7 Å². The molecule has 2 heterocycles. The summed E-state index contributed by atoms with van der Waals surface area (Å²) in [5, 5.41) is 8.00. The van der Waals surface area contributed by atoms with Gasteiger partial charge in [0.15, 0.2) is 0 Å². The SMILES string of the molecule is C/C=C1\[C@H]2C=C(C)C[C@]1(NCCCCCCCCCCCN[C@@]13CC(C)=C[C@@H](Cc4[nH]c(=O)ccc41)/C3=C\C)c1ccc(=O)[nH]c1C2. The van der Waals surface area contributed by atoms with E-state index in [0.29, 0.717) is 11.8 Å². The molecule has 2 aromatic rings. The van der Waals surface area contributed by atoms with E-state index >= 15 is 0 Å². The van der Waals surface area contributed by atoms with Crippen LogP contribution in [0.5, 0.6) is 0 Å². The fourth-order valence-electron chi connectivity index (χ4n) is 9.62. The largest absolute Gasteiger partial charge is 0.326 e. The van der Waals surface area contributed by atoms with E-state index in [-0.39, 0.29) is 22.2 Å². The quantitative estimate of drug-likeness (QED) is 0.126. The van der Waals surface area contributed by atoms with E-state index in [1.54, 1.807) is 12.1 Å². The molecular formula is C41H56N4O2. The first-order chi connectivity index (χ1) is 22.8. The molecule has 0 fully saturated rings. The average molecular weight is 637 g/mol. The minimum atomic E-state index is -0.188. The van der Waals surface area contributed by atoms with Crippen molar-refractivity contribution in [3.8, 4) is 0 Å². The number of nitrogens with one attached hydrogen (secondary N) is 4. The summed E-state index contributed by atoms with van der Waals surface area (Å²) in [5.41, 5.74) is 10.2. The van der Waals surface area contributed by atoms with Crippen LogP contribution in [0, 0.1) is 11.8 Å². The van der Waals surface area contributed by atoms with Crippen LogP contribution in [0.1, 0.15) is 121 Å². The first kappa shape index (κ1) is 33.7. The molecule has 0 aliphatic heterocycles. The van der Waals surface area contributed by atoms with Crippen molar-refractivity contribution in [2.45, 2.75) is 122 Å². The maximum absolute atomic E-state index is 12.1. The van der Waals surface area contributed by atoms with Gasteiger partial charge in [0.2, 0.25) is 11.1 Å². The van der Waals surface area contributed by atoms with Crippen LogP contribution in [0.2, 0.25) is 0 Å². The number of hydrogen-bond acceptors (Lipinski definition) is 4. The van der Waals surface area contributed by atoms with Gasteiger partial charge in [-0.2, -0.15) is 0 Å². The molecule has 4 aliphatic carbocycles. The van der Waals surface area contributed by atoms with Crippen molar-refractivity contribution in [3.05, 3.63) is 114 Å². The Labute approximate surface area is 281 Å². The van der Waals surface area contributed by atoms with Crippen molar-refractivity contribution in [3.63, 3.8) is 0 Å². The zero-order valence-corrected chi connectivity index (χ0v) is 29.2. The number of aromatic nitrogens is 2. The first-order valence-corrected chi connectivity index (χ1v) is 18.4. The molecule has 4 N–H and O–H groups in total. The molecule has 252 valence electrons. The summed E-state index contributed by atoms with van der Waals surface area (Å²) in [6, 6.07) is 7.53. The lowest BCUT2D eigenvalue weighted by Crippen LogP contribution is -2.52. The molecule has 6 heteroatoms. The molecule has 6 rings (SSSR count). The van der Waals surface area contributed by atoms with Gasteiger partial charge in [-0.15, -0.1) is 0 Å². The number of allylic oxidation sites excluding steroid dienone is 4. The maximum atomic E-state index is 12.1. The Hall–Kier alpha value is -3.22. The van der Waals surface area contributed by atoms with Crippen LogP contribution >= 0.6 is 0 Å². The predicted molar refractivity (Wildman–Crippen MR) is 194 cm³/mol. The van der Waals surface area contributed by atoms with Gasteiger partial charge in [0.05, 0.1) is 11.1 Å². The molecule has 0 aromatic carbocycles. The lowest BCUT2D eigenvalue weighted by atomic mass is 9.63. The number of H-pyrrole nitrogens is 2. The average Bonchev–Trinajstić information content (AvgIpc) is 3.02. The Morgan fingerprint density at radius 1 is 0.638 bits per heavy atom. The van der Waals surface area contributed by atoms with Crippen LogP contribution in [0.25, 0.3) is 0 Å². The van der Waals surface area contributed by atoms with Crippen LogP contribution in [0.3, 0.4) is 0 Å². The lowest BCUT2D eigenvalue weighted by molar-refractivity contribution is 0.319. The third-order valence-electron chi connectivity index (χ3n) is 11.4. The minimum Gasteiger partial charge on any atom is -0.326 e. The molecule has 0 radical (unpaired) electrons. The summed E-state index contributed by atoms with van der Waals surface area (Å²) in [7, 11) is 0. The van der Waals surface area contributed by atoms with Crippen LogP contribution in [-0.4, -0.2) is 23.1 Å². The molecule has 6 nitrogen and oxygen atoms in total. The topological polar surface area (TPSA) is 89.8 Å². The minimum absolute atomic E-state index is 0.000970. The molecule has 0 spiro atoms. The van der Waals surface area contributed by atoms with Crippen molar-refractivity contribution < 1.29 is 0 Å². The van der Waals surface area contributed by atoms with Gasteiger partial charge in [-0.3, -0.25) is 9.59 Å². The first-order valence-electron chi connectivity index (χ1n) is 18.4. The van der Waals surface area contributed by atoms with Gasteiger partial charge in [0.25, 0.3) is 0 Å². The van der Waals surface area contributed by atoms with Crippen LogP contribution < -0.4 is 21.8 Å². The zero-order chi connectivity index (χ0) is 33.0. The highest BCUT2D eigenvalue weighted by Crippen LogP contribution is 2.50. The number of fused-ring (bicyclic) bond motifs is 8. The molecule has 4 aliphatic rings. The summed E-state index contributed by atoms with van der Waals surface area (Å²) in [6.07, 6.45) is 24.5. The third kappa shape index (κ3) is 6.73. The fourth-order valence-corrected chi connectivity index (χ4v) is 9.62. The van der Waals surface area contributed by atoms with Crippen molar-refractivity contribution in [2.24, 2.45) is 11.8 Å². The number of pyridine rings is 2. The van der Waals surface area contributed by atoms with Gasteiger partial charge in [-0.25, -0.2) is 0 Å². The Balaban J connectivity index is 0.903. The second-order valence-electron chi connectivity index (χ2n) is 14.8. The predicted octanol–water partition coefficient (Wildman–Crippen LogP) is 7.78. The monoisotopic (exact) mass is 636 g/mol. The van der Waals surface area contributed by atoms with Crippen molar-refractivity contribution in [1.29, 1.82) is 0 Å². The highest BCUT2D eigenvalue weighted by Gasteiger charge is 2.47. The maximum Gasteiger partial charge on any atom is 0.248 e. The molecule has 47 heavy (non-hydrogen) atoms.